The molecule has 4 nitrogen and oxygen atoms in total. The maximum atomic E-state index is 13.1. The summed E-state index contributed by atoms with van der Waals surface area (Å²) in [5, 5.41) is 3.94. The van der Waals surface area contributed by atoms with Crippen molar-refractivity contribution in [1.29, 1.82) is 0 Å². The van der Waals surface area contributed by atoms with E-state index in [2.05, 4.69) is 10.1 Å². The summed E-state index contributed by atoms with van der Waals surface area (Å²) in [5.41, 5.74) is 0.702. The van der Waals surface area contributed by atoms with Gasteiger partial charge in [0.15, 0.2) is 17.5 Å². The fourth-order valence-electron chi connectivity index (χ4n) is 2.22. The van der Waals surface area contributed by atoms with Gasteiger partial charge in [-0.25, -0.2) is 8.78 Å². The van der Waals surface area contributed by atoms with Crippen LogP contribution in [-0.2, 0) is 17.6 Å². The van der Waals surface area contributed by atoms with Crippen LogP contribution in [-0.4, -0.2) is 23.4 Å². The number of halogens is 2. The van der Waals surface area contributed by atoms with Gasteiger partial charge in [-0.1, -0.05) is 11.2 Å². The highest BCUT2D eigenvalue weighted by Gasteiger charge is 2.22. The quantitative estimate of drug-likeness (QED) is 0.863. The van der Waals surface area contributed by atoms with Crippen molar-refractivity contribution in [2.24, 2.45) is 0 Å². The first kappa shape index (κ1) is 13.2. The number of aryl methyl sites for hydroxylation is 2. The molecule has 1 aliphatic rings. The van der Waals surface area contributed by atoms with Gasteiger partial charge in [0.1, 0.15) is 0 Å². The van der Waals surface area contributed by atoms with Crippen molar-refractivity contribution >= 4 is 0 Å². The zero-order valence-corrected chi connectivity index (χ0v) is 10.8. The molecule has 0 N–H and O–H groups in total. The van der Waals surface area contributed by atoms with E-state index < -0.39 is 11.6 Å². The van der Waals surface area contributed by atoms with Gasteiger partial charge in [-0.2, -0.15) is 4.98 Å². The maximum absolute atomic E-state index is 13.1. The van der Waals surface area contributed by atoms with Gasteiger partial charge >= 0.3 is 0 Å². The van der Waals surface area contributed by atoms with E-state index in [1.165, 1.54) is 6.07 Å². The number of hydrogen-bond acceptors (Lipinski definition) is 4. The Balaban J connectivity index is 1.61. The van der Waals surface area contributed by atoms with Crippen LogP contribution in [0.1, 0.15) is 29.6 Å². The fraction of sp³-hybridized carbons (Fsp3) is 0.429. The van der Waals surface area contributed by atoms with Crippen LogP contribution in [0.25, 0.3) is 0 Å². The van der Waals surface area contributed by atoms with E-state index in [1.54, 1.807) is 6.07 Å². The minimum absolute atomic E-state index is 0.204. The van der Waals surface area contributed by atoms with Gasteiger partial charge in [-0.05, 0) is 30.5 Å². The molecule has 1 atom stereocenters. The molecule has 106 valence electrons. The van der Waals surface area contributed by atoms with Crippen LogP contribution < -0.4 is 0 Å². The van der Waals surface area contributed by atoms with Crippen LogP contribution in [0.5, 0.6) is 0 Å². The van der Waals surface area contributed by atoms with Crippen LogP contribution in [0.15, 0.2) is 22.7 Å². The van der Waals surface area contributed by atoms with Crippen LogP contribution in [0.3, 0.4) is 0 Å². The monoisotopic (exact) mass is 280 g/mol. The molecule has 0 radical (unpaired) electrons. The van der Waals surface area contributed by atoms with Crippen LogP contribution in [0, 0.1) is 11.6 Å². The van der Waals surface area contributed by atoms with E-state index in [9.17, 15) is 8.78 Å². The van der Waals surface area contributed by atoms with Gasteiger partial charge in [0.2, 0.25) is 5.89 Å². The highest BCUT2D eigenvalue weighted by Crippen LogP contribution is 2.22. The molecule has 3 rings (SSSR count). The summed E-state index contributed by atoms with van der Waals surface area (Å²) < 4.78 is 36.3. The zero-order valence-electron chi connectivity index (χ0n) is 10.8. The van der Waals surface area contributed by atoms with Gasteiger partial charge in [0.05, 0.1) is 6.61 Å². The SMILES string of the molecule is Fc1ccc(CCc2nc([C@H]3CCOC3)no2)cc1F. The van der Waals surface area contributed by atoms with Crippen molar-refractivity contribution in [3.63, 3.8) is 0 Å². The Kier molecular flexibility index (Phi) is 3.73. The number of ether oxygens (including phenoxy) is 1. The number of nitrogens with zero attached hydrogens (tertiary/aromatic N) is 2. The third-order valence-electron chi connectivity index (χ3n) is 3.39. The average Bonchev–Trinajstić information content (AvgIpc) is 3.09. The predicted molar refractivity (Wildman–Crippen MR) is 66.2 cm³/mol. The fourth-order valence-corrected chi connectivity index (χ4v) is 2.22. The smallest absolute Gasteiger partial charge is 0.226 e. The van der Waals surface area contributed by atoms with Gasteiger partial charge in [-0.15, -0.1) is 0 Å². The third kappa shape index (κ3) is 2.85. The Morgan fingerprint density at radius 2 is 2.10 bits per heavy atom. The van der Waals surface area contributed by atoms with E-state index in [-0.39, 0.29) is 5.92 Å². The molecule has 20 heavy (non-hydrogen) atoms. The lowest BCUT2D eigenvalue weighted by Crippen LogP contribution is -2.00. The molecule has 0 saturated carbocycles. The minimum Gasteiger partial charge on any atom is -0.381 e. The first-order chi connectivity index (χ1) is 9.72. The van der Waals surface area contributed by atoms with Gasteiger partial charge in [0, 0.05) is 18.9 Å². The summed E-state index contributed by atoms with van der Waals surface area (Å²) in [4.78, 5) is 4.32. The Hall–Kier alpha value is -1.82. The molecule has 1 fully saturated rings. The second-order valence-electron chi connectivity index (χ2n) is 4.86. The first-order valence-corrected chi connectivity index (χ1v) is 6.56. The van der Waals surface area contributed by atoms with E-state index in [4.69, 9.17) is 9.26 Å². The third-order valence-corrected chi connectivity index (χ3v) is 3.39. The molecule has 0 unspecified atom stereocenters. The Labute approximate surface area is 114 Å². The Morgan fingerprint density at radius 3 is 2.85 bits per heavy atom. The van der Waals surface area contributed by atoms with E-state index >= 15 is 0 Å². The van der Waals surface area contributed by atoms with Gasteiger partial charge in [-0.3, -0.25) is 0 Å². The lowest BCUT2D eigenvalue weighted by atomic mass is 10.1. The van der Waals surface area contributed by atoms with Gasteiger partial charge < -0.3 is 9.26 Å². The second kappa shape index (κ2) is 5.66. The van der Waals surface area contributed by atoms with E-state index in [1.807, 2.05) is 0 Å². The molecule has 6 heteroatoms. The lowest BCUT2D eigenvalue weighted by Gasteiger charge is -2.00. The summed E-state index contributed by atoms with van der Waals surface area (Å²) in [5.74, 6) is -0.290. The normalized spacial score (nSPS) is 18.6. The maximum Gasteiger partial charge on any atom is 0.226 e. The van der Waals surface area contributed by atoms with Crippen molar-refractivity contribution in [3.05, 3.63) is 47.1 Å². The minimum atomic E-state index is -0.838. The Bertz CT molecular complexity index is 595. The highest BCUT2D eigenvalue weighted by molar-refractivity contribution is 5.18. The second-order valence-corrected chi connectivity index (χ2v) is 4.86. The molecular weight excluding hydrogens is 266 g/mol. The molecule has 0 aliphatic carbocycles. The molecule has 0 bridgehead atoms. The summed E-state index contributed by atoms with van der Waals surface area (Å²) in [6.45, 7) is 1.35. The molecule has 0 amide bonds. The van der Waals surface area contributed by atoms with E-state index in [0.717, 1.165) is 19.1 Å². The molecule has 1 saturated heterocycles. The summed E-state index contributed by atoms with van der Waals surface area (Å²) in [6.07, 6.45) is 1.94. The van der Waals surface area contributed by atoms with Crippen molar-refractivity contribution in [2.75, 3.05) is 13.2 Å². The zero-order chi connectivity index (χ0) is 13.9. The van der Waals surface area contributed by atoms with Crippen molar-refractivity contribution in [3.8, 4) is 0 Å². The standard InChI is InChI=1S/C14H14F2N2O2/c15-11-3-1-9(7-12(11)16)2-4-13-17-14(18-20-13)10-5-6-19-8-10/h1,3,7,10H,2,4-6,8H2/t10-/m0/s1. The summed E-state index contributed by atoms with van der Waals surface area (Å²) in [7, 11) is 0. The molecule has 1 aromatic heterocycles. The lowest BCUT2D eigenvalue weighted by molar-refractivity contribution is 0.192. The number of hydrogen-bond donors (Lipinski definition) is 0. The molecular formula is C14H14F2N2O2. The highest BCUT2D eigenvalue weighted by atomic mass is 19.2. The average molecular weight is 280 g/mol. The van der Waals surface area contributed by atoms with Crippen molar-refractivity contribution < 1.29 is 18.0 Å². The van der Waals surface area contributed by atoms with Crippen LogP contribution in [0.2, 0.25) is 0 Å². The number of rotatable bonds is 4. The summed E-state index contributed by atoms with van der Waals surface area (Å²) in [6, 6.07) is 3.87. The number of benzene rings is 1. The number of aromatic nitrogens is 2. The predicted octanol–water partition coefficient (Wildman–Crippen LogP) is 2.64. The molecule has 1 aliphatic heterocycles. The van der Waals surface area contributed by atoms with Crippen LogP contribution in [0.4, 0.5) is 8.78 Å². The Morgan fingerprint density at radius 1 is 1.20 bits per heavy atom. The molecule has 0 spiro atoms. The first-order valence-electron chi connectivity index (χ1n) is 6.56. The van der Waals surface area contributed by atoms with Crippen molar-refractivity contribution in [2.45, 2.75) is 25.2 Å². The van der Waals surface area contributed by atoms with E-state index in [0.29, 0.717) is 36.7 Å². The largest absolute Gasteiger partial charge is 0.381 e. The summed E-state index contributed by atoms with van der Waals surface area (Å²) >= 11 is 0. The molecule has 2 heterocycles. The van der Waals surface area contributed by atoms with Gasteiger partial charge in [0.25, 0.3) is 0 Å². The molecule has 1 aromatic carbocycles. The van der Waals surface area contributed by atoms with Crippen LogP contribution >= 0.6 is 0 Å². The van der Waals surface area contributed by atoms with Crippen molar-refractivity contribution in [1.82, 2.24) is 10.1 Å². The molecule has 2 aromatic rings. The topological polar surface area (TPSA) is 48.2 Å².